The molecule has 6 heteroatoms. The summed E-state index contributed by atoms with van der Waals surface area (Å²) in [5.41, 5.74) is 4.04. The fourth-order valence-electron chi connectivity index (χ4n) is 4.21. The molecular formula is C27H28N2O4. The molecule has 3 aromatic rings. The van der Waals surface area contributed by atoms with Crippen molar-refractivity contribution >= 4 is 11.8 Å². The number of benzene rings is 3. The maximum Gasteiger partial charge on any atom is 0.243 e. The molecule has 170 valence electrons. The first kappa shape index (κ1) is 22.4. The van der Waals surface area contributed by atoms with Crippen LogP contribution >= 0.6 is 0 Å². The molecule has 1 saturated heterocycles. The Labute approximate surface area is 194 Å². The van der Waals surface area contributed by atoms with E-state index in [4.69, 9.17) is 9.47 Å². The predicted octanol–water partition coefficient (Wildman–Crippen LogP) is 3.48. The van der Waals surface area contributed by atoms with Crippen molar-refractivity contribution < 1.29 is 19.1 Å². The Bertz CT molecular complexity index is 1130. The Morgan fingerprint density at radius 1 is 0.909 bits per heavy atom. The van der Waals surface area contributed by atoms with E-state index in [9.17, 15) is 9.59 Å². The highest BCUT2D eigenvalue weighted by molar-refractivity contribution is 5.90. The van der Waals surface area contributed by atoms with Gasteiger partial charge in [0.05, 0.1) is 20.6 Å². The van der Waals surface area contributed by atoms with Gasteiger partial charge in [0.25, 0.3) is 0 Å². The summed E-state index contributed by atoms with van der Waals surface area (Å²) >= 11 is 0. The van der Waals surface area contributed by atoms with E-state index in [1.807, 2.05) is 36.4 Å². The van der Waals surface area contributed by atoms with Crippen molar-refractivity contribution in [3.05, 3.63) is 83.9 Å². The van der Waals surface area contributed by atoms with Crippen molar-refractivity contribution in [3.63, 3.8) is 0 Å². The van der Waals surface area contributed by atoms with Gasteiger partial charge in [0.2, 0.25) is 11.8 Å². The summed E-state index contributed by atoms with van der Waals surface area (Å²) in [5, 5.41) is 2.91. The molecule has 0 spiro atoms. The van der Waals surface area contributed by atoms with Gasteiger partial charge in [-0.1, -0.05) is 60.7 Å². The minimum Gasteiger partial charge on any atom is -0.493 e. The molecule has 0 bridgehead atoms. The third kappa shape index (κ3) is 5.17. The molecule has 1 atom stereocenters. The summed E-state index contributed by atoms with van der Waals surface area (Å²) in [5.74, 6) is 0.990. The van der Waals surface area contributed by atoms with E-state index < -0.39 is 6.04 Å². The monoisotopic (exact) mass is 444 g/mol. The molecule has 1 N–H and O–H groups in total. The van der Waals surface area contributed by atoms with E-state index in [-0.39, 0.29) is 18.2 Å². The van der Waals surface area contributed by atoms with Crippen LogP contribution in [0, 0.1) is 0 Å². The molecule has 3 aromatic carbocycles. The highest BCUT2D eigenvalue weighted by Crippen LogP contribution is 2.28. The summed E-state index contributed by atoms with van der Waals surface area (Å²) < 4.78 is 10.6. The molecule has 1 aliphatic rings. The zero-order chi connectivity index (χ0) is 23.2. The van der Waals surface area contributed by atoms with Gasteiger partial charge < -0.3 is 19.7 Å². The van der Waals surface area contributed by atoms with Gasteiger partial charge in [-0.15, -0.1) is 0 Å². The number of ether oxygens (including phenoxy) is 2. The zero-order valence-electron chi connectivity index (χ0n) is 18.9. The second-order valence-electron chi connectivity index (χ2n) is 8.03. The molecule has 0 unspecified atom stereocenters. The van der Waals surface area contributed by atoms with Crippen molar-refractivity contribution in [2.24, 2.45) is 0 Å². The molecule has 0 radical (unpaired) electrons. The van der Waals surface area contributed by atoms with Crippen molar-refractivity contribution in [2.75, 3.05) is 27.3 Å². The second kappa shape index (κ2) is 10.2. The number of hydrogen-bond acceptors (Lipinski definition) is 4. The molecule has 4 rings (SSSR count). The fourth-order valence-corrected chi connectivity index (χ4v) is 4.21. The lowest BCUT2D eigenvalue weighted by Crippen LogP contribution is -2.58. The van der Waals surface area contributed by atoms with E-state index >= 15 is 0 Å². The normalized spacial score (nSPS) is 15.6. The zero-order valence-corrected chi connectivity index (χ0v) is 18.9. The highest BCUT2D eigenvalue weighted by Gasteiger charge is 2.33. The first-order chi connectivity index (χ1) is 16.1. The number of piperazine rings is 1. The smallest absolute Gasteiger partial charge is 0.243 e. The molecular weight excluding hydrogens is 416 g/mol. The average molecular weight is 445 g/mol. The molecule has 1 aliphatic heterocycles. The lowest BCUT2D eigenvalue weighted by Gasteiger charge is -2.35. The minimum absolute atomic E-state index is 0.0821. The maximum absolute atomic E-state index is 13.2. The highest BCUT2D eigenvalue weighted by atomic mass is 16.5. The van der Waals surface area contributed by atoms with E-state index in [2.05, 4.69) is 29.6 Å². The molecule has 0 aromatic heterocycles. The molecule has 0 saturated carbocycles. The SMILES string of the molecule is COc1ccc(CC(=O)N2CCNC(=O)[C@H]2Cc2cccc(-c3ccccc3)c2)cc1OC. The van der Waals surface area contributed by atoms with Crippen LogP contribution < -0.4 is 14.8 Å². The van der Waals surface area contributed by atoms with Crippen molar-refractivity contribution in [1.29, 1.82) is 0 Å². The van der Waals surface area contributed by atoms with Crippen LogP contribution in [-0.4, -0.2) is 50.1 Å². The first-order valence-corrected chi connectivity index (χ1v) is 11.0. The quantitative estimate of drug-likeness (QED) is 0.606. The topological polar surface area (TPSA) is 67.9 Å². The fraction of sp³-hybridized carbons (Fsp3) is 0.259. The number of amides is 2. The molecule has 0 aliphatic carbocycles. The Morgan fingerprint density at radius 3 is 2.42 bits per heavy atom. The summed E-state index contributed by atoms with van der Waals surface area (Å²) in [7, 11) is 3.14. The predicted molar refractivity (Wildman–Crippen MR) is 127 cm³/mol. The van der Waals surface area contributed by atoms with E-state index in [1.165, 1.54) is 0 Å². The number of hydrogen-bond donors (Lipinski definition) is 1. The first-order valence-electron chi connectivity index (χ1n) is 11.0. The van der Waals surface area contributed by atoms with Crippen LogP contribution in [0.2, 0.25) is 0 Å². The summed E-state index contributed by atoms with van der Waals surface area (Å²) in [6.07, 6.45) is 0.651. The van der Waals surface area contributed by atoms with Gasteiger partial charge in [0.1, 0.15) is 6.04 Å². The molecule has 1 fully saturated rings. The van der Waals surface area contributed by atoms with Crippen molar-refractivity contribution in [3.8, 4) is 22.6 Å². The van der Waals surface area contributed by atoms with Gasteiger partial charge in [-0.2, -0.15) is 0 Å². The number of nitrogens with one attached hydrogen (secondary N) is 1. The number of carbonyl (C=O) groups excluding carboxylic acids is 2. The number of carbonyl (C=O) groups is 2. The van der Waals surface area contributed by atoms with Crippen LogP contribution in [0.15, 0.2) is 72.8 Å². The second-order valence-corrected chi connectivity index (χ2v) is 8.03. The molecule has 33 heavy (non-hydrogen) atoms. The van der Waals surface area contributed by atoms with Gasteiger partial charge in [-0.25, -0.2) is 0 Å². The van der Waals surface area contributed by atoms with Crippen LogP contribution in [0.4, 0.5) is 0 Å². The Kier molecular flexibility index (Phi) is 6.93. The van der Waals surface area contributed by atoms with E-state index in [0.29, 0.717) is 31.0 Å². The average Bonchev–Trinajstić information content (AvgIpc) is 2.86. The maximum atomic E-state index is 13.2. The summed E-state index contributed by atoms with van der Waals surface area (Å²) in [6.45, 7) is 0.942. The third-order valence-electron chi connectivity index (χ3n) is 5.92. The van der Waals surface area contributed by atoms with Gasteiger partial charge in [0, 0.05) is 19.5 Å². The lowest BCUT2D eigenvalue weighted by atomic mass is 9.97. The Balaban J connectivity index is 1.52. The largest absolute Gasteiger partial charge is 0.493 e. The van der Waals surface area contributed by atoms with E-state index in [0.717, 1.165) is 22.3 Å². The van der Waals surface area contributed by atoms with Gasteiger partial charge in [-0.3, -0.25) is 9.59 Å². The molecule has 6 nitrogen and oxygen atoms in total. The molecule has 1 heterocycles. The van der Waals surface area contributed by atoms with Crippen LogP contribution in [-0.2, 0) is 22.4 Å². The van der Waals surface area contributed by atoms with Crippen LogP contribution in [0.5, 0.6) is 11.5 Å². The van der Waals surface area contributed by atoms with Crippen molar-refractivity contribution in [2.45, 2.75) is 18.9 Å². The minimum atomic E-state index is -0.544. The molecule has 2 amide bonds. The third-order valence-corrected chi connectivity index (χ3v) is 5.92. The lowest BCUT2D eigenvalue weighted by molar-refractivity contribution is -0.142. The van der Waals surface area contributed by atoms with Gasteiger partial charge in [0.15, 0.2) is 11.5 Å². The summed E-state index contributed by atoms with van der Waals surface area (Å²) in [6, 6.07) is 23.2. The number of rotatable bonds is 7. The van der Waals surface area contributed by atoms with Crippen LogP contribution in [0.3, 0.4) is 0 Å². The number of methoxy groups -OCH3 is 2. The van der Waals surface area contributed by atoms with E-state index in [1.54, 1.807) is 31.3 Å². The standard InChI is InChI=1S/C27H28N2O4/c1-32-24-12-11-20(17-25(24)33-2)18-26(30)29-14-13-28-27(31)23(29)16-19-7-6-10-22(15-19)21-8-4-3-5-9-21/h3-12,15,17,23H,13-14,16,18H2,1-2H3,(H,28,31)/t23-/m1/s1. The van der Waals surface area contributed by atoms with Gasteiger partial charge >= 0.3 is 0 Å². The van der Waals surface area contributed by atoms with Gasteiger partial charge in [-0.05, 0) is 34.4 Å². The van der Waals surface area contributed by atoms with Crippen molar-refractivity contribution in [1.82, 2.24) is 10.2 Å². The Morgan fingerprint density at radius 2 is 1.67 bits per heavy atom. The number of nitrogens with zero attached hydrogens (tertiary/aromatic N) is 1. The van der Waals surface area contributed by atoms with Crippen LogP contribution in [0.1, 0.15) is 11.1 Å². The summed E-state index contributed by atoms with van der Waals surface area (Å²) in [4.78, 5) is 27.7. The Hall–Kier alpha value is -3.80. The van der Waals surface area contributed by atoms with Crippen LogP contribution in [0.25, 0.3) is 11.1 Å².